The lowest BCUT2D eigenvalue weighted by Crippen LogP contribution is -2.30. The predicted molar refractivity (Wildman–Crippen MR) is 85.2 cm³/mol. The minimum Gasteiger partial charge on any atom is -0.468 e. The number of anilines is 1. The average molecular weight is 381 g/mol. The molecule has 0 aliphatic carbocycles. The third-order valence-corrected chi connectivity index (χ3v) is 3.25. The number of halogens is 1. The maximum absolute atomic E-state index is 11.9. The lowest BCUT2D eigenvalue weighted by Gasteiger charge is -2.06. The number of furan rings is 1. The fraction of sp³-hybridized carbons (Fsp3) is 0.133. The topological polar surface area (TPSA) is 97.6 Å². The summed E-state index contributed by atoms with van der Waals surface area (Å²) in [4.78, 5) is 34.7. The number of hydrogen-bond acceptors (Lipinski definition) is 5. The Hall–Kier alpha value is -2.61. The summed E-state index contributed by atoms with van der Waals surface area (Å²) in [5.41, 5.74) is 0.861. The van der Waals surface area contributed by atoms with Gasteiger partial charge < -0.3 is 19.8 Å². The third kappa shape index (κ3) is 4.68. The van der Waals surface area contributed by atoms with E-state index >= 15 is 0 Å². The molecular formula is C15H13BrN2O5. The van der Waals surface area contributed by atoms with Crippen LogP contribution in [0.5, 0.6) is 0 Å². The van der Waals surface area contributed by atoms with Gasteiger partial charge in [-0.3, -0.25) is 14.4 Å². The van der Waals surface area contributed by atoms with Crippen LogP contribution < -0.4 is 10.6 Å². The summed E-state index contributed by atoms with van der Waals surface area (Å²) in [6, 6.07) is 9.35. The molecule has 23 heavy (non-hydrogen) atoms. The fourth-order valence-electron chi connectivity index (χ4n) is 1.66. The summed E-state index contributed by atoms with van der Waals surface area (Å²) >= 11 is 3.12. The van der Waals surface area contributed by atoms with Crippen LogP contribution >= 0.6 is 15.9 Å². The molecule has 8 heteroatoms. The number of nitrogens with one attached hydrogen (secondary N) is 2. The summed E-state index contributed by atoms with van der Waals surface area (Å²) in [6.07, 6.45) is 0. The maximum Gasteiger partial charge on any atom is 0.325 e. The van der Waals surface area contributed by atoms with E-state index in [1.165, 1.54) is 25.3 Å². The van der Waals surface area contributed by atoms with Crippen molar-refractivity contribution in [3.05, 3.63) is 52.4 Å². The highest BCUT2D eigenvalue weighted by Crippen LogP contribution is 2.16. The molecule has 1 heterocycles. The van der Waals surface area contributed by atoms with Crippen LogP contribution in [0.1, 0.15) is 20.9 Å². The second-order valence-corrected chi connectivity index (χ2v) is 5.18. The number of rotatable bonds is 5. The van der Waals surface area contributed by atoms with Gasteiger partial charge in [-0.1, -0.05) is 0 Å². The fourth-order valence-corrected chi connectivity index (χ4v) is 1.97. The maximum atomic E-state index is 11.9. The van der Waals surface area contributed by atoms with E-state index in [1.54, 1.807) is 18.2 Å². The van der Waals surface area contributed by atoms with Crippen molar-refractivity contribution >= 4 is 39.4 Å². The summed E-state index contributed by atoms with van der Waals surface area (Å²) in [6.45, 7) is -0.207. The van der Waals surface area contributed by atoms with E-state index in [-0.39, 0.29) is 12.3 Å². The molecule has 2 aromatic rings. The van der Waals surface area contributed by atoms with Gasteiger partial charge in [0, 0.05) is 11.3 Å². The Balaban J connectivity index is 1.95. The number of amides is 2. The van der Waals surface area contributed by atoms with Crippen LogP contribution in [-0.4, -0.2) is 31.4 Å². The van der Waals surface area contributed by atoms with Crippen molar-refractivity contribution < 1.29 is 23.5 Å². The SMILES string of the molecule is COC(=O)CNC(=O)c1ccc(NC(=O)c2ccc(Br)o2)cc1. The van der Waals surface area contributed by atoms with Gasteiger partial charge in [-0.25, -0.2) is 0 Å². The molecule has 0 atom stereocenters. The molecule has 0 saturated heterocycles. The number of hydrogen-bond donors (Lipinski definition) is 2. The molecule has 0 saturated carbocycles. The molecule has 7 nitrogen and oxygen atoms in total. The summed E-state index contributed by atoms with van der Waals surface area (Å²) in [5, 5.41) is 5.06. The molecule has 1 aromatic carbocycles. The van der Waals surface area contributed by atoms with E-state index in [0.717, 1.165) is 0 Å². The van der Waals surface area contributed by atoms with Crippen LogP contribution in [0, 0.1) is 0 Å². The van der Waals surface area contributed by atoms with Gasteiger partial charge in [0.1, 0.15) is 6.54 Å². The molecule has 0 unspecified atom stereocenters. The summed E-state index contributed by atoms with van der Waals surface area (Å²) in [7, 11) is 1.24. The van der Waals surface area contributed by atoms with Crippen molar-refractivity contribution in [3.8, 4) is 0 Å². The first-order valence-corrected chi connectivity index (χ1v) is 7.30. The highest BCUT2D eigenvalue weighted by molar-refractivity contribution is 9.10. The van der Waals surface area contributed by atoms with Crippen molar-refractivity contribution in [1.82, 2.24) is 5.32 Å². The molecule has 120 valence electrons. The molecule has 2 amide bonds. The average Bonchev–Trinajstić information content (AvgIpc) is 2.99. The van der Waals surface area contributed by atoms with Crippen LogP contribution in [0.2, 0.25) is 0 Å². The van der Waals surface area contributed by atoms with E-state index in [4.69, 9.17) is 4.42 Å². The van der Waals surface area contributed by atoms with Crippen molar-refractivity contribution in [2.75, 3.05) is 19.0 Å². The van der Waals surface area contributed by atoms with Gasteiger partial charge in [-0.05, 0) is 52.3 Å². The van der Waals surface area contributed by atoms with Crippen molar-refractivity contribution in [1.29, 1.82) is 0 Å². The van der Waals surface area contributed by atoms with E-state index in [9.17, 15) is 14.4 Å². The van der Waals surface area contributed by atoms with Gasteiger partial charge in [-0.2, -0.15) is 0 Å². The Bertz CT molecular complexity index is 724. The molecule has 0 aliphatic rings. The van der Waals surface area contributed by atoms with E-state index in [0.29, 0.717) is 15.9 Å². The quantitative estimate of drug-likeness (QED) is 0.774. The highest BCUT2D eigenvalue weighted by atomic mass is 79.9. The van der Waals surface area contributed by atoms with Gasteiger partial charge >= 0.3 is 5.97 Å². The first kappa shape index (κ1) is 16.8. The zero-order valence-electron chi connectivity index (χ0n) is 12.1. The number of carbonyl (C=O) groups excluding carboxylic acids is 3. The van der Waals surface area contributed by atoms with Gasteiger partial charge in [0.05, 0.1) is 7.11 Å². The van der Waals surface area contributed by atoms with Gasteiger partial charge in [-0.15, -0.1) is 0 Å². The molecule has 1 aromatic heterocycles. The Morgan fingerprint density at radius 2 is 1.78 bits per heavy atom. The van der Waals surface area contributed by atoms with Gasteiger partial charge in [0.25, 0.3) is 11.8 Å². The number of methoxy groups -OCH3 is 1. The van der Waals surface area contributed by atoms with Gasteiger partial charge in [0.15, 0.2) is 10.4 Å². The van der Waals surface area contributed by atoms with E-state index < -0.39 is 17.8 Å². The van der Waals surface area contributed by atoms with Crippen LogP contribution in [0.3, 0.4) is 0 Å². The molecule has 0 aliphatic heterocycles. The minimum atomic E-state index is -0.535. The third-order valence-electron chi connectivity index (χ3n) is 2.82. The zero-order chi connectivity index (χ0) is 16.8. The lowest BCUT2D eigenvalue weighted by atomic mass is 10.2. The largest absolute Gasteiger partial charge is 0.468 e. The Kier molecular flexibility index (Phi) is 5.53. The smallest absolute Gasteiger partial charge is 0.325 e. The van der Waals surface area contributed by atoms with Crippen molar-refractivity contribution in [3.63, 3.8) is 0 Å². The molecule has 0 radical (unpaired) electrons. The summed E-state index contributed by atoms with van der Waals surface area (Å²) in [5.74, 6) is -1.19. The van der Waals surface area contributed by atoms with Crippen LogP contribution in [0.4, 0.5) is 5.69 Å². The Morgan fingerprint density at radius 1 is 1.09 bits per heavy atom. The second-order valence-electron chi connectivity index (χ2n) is 4.39. The van der Waals surface area contributed by atoms with Crippen molar-refractivity contribution in [2.24, 2.45) is 0 Å². The summed E-state index contributed by atoms with van der Waals surface area (Å²) < 4.78 is 10.0. The van der Waals surface area contributed by atoms with Crippen LogP contribution in [0.25, 0.3) is 0 Å². The number of benzene rings is 1. The van der Waals surface area contributed by atoms with E-state index in [1.807, 2.05) is 0 Å². The normalized spacial score (nSPS) is 10.0. The molecule has 2 rings (SSSR count). The van der Waals surface area contributed by atoms with Crippen molar-refractivity contribution in [2.45, 2.75) is 0 Å². The van der Waals surface area contributed by atoms with Gasteiger partial charge in [0.2, 0.25) is 0 Å². The first-order valence-electron chi connectivity index (χ1n) is 6.51. The minimum absolute atomic E-state index is 0.164. The number of carbonyl (C=O) groups is 3. The molecule has 0 bridgehead atoms. The Labute approximate surface area is 140 Å². The standard InChI is InChI=1S/C15H13BrN2O5/c1-22-13(19)8-17-14(20)9-2-4-10(5-3-9)18-15(21)11-6-7-12(16)23-11/h2-7H,8H2,1H3,(H,17,20)(H,18,21). The zero-order valence-corrected chi connectivity index (χ0v) is 13.7. The molecule has 0 fully saturated rings. The second kappa shape index (κ2) is 7.59. The Morgan fingerprint density at radius 3 is 2.35 bits per heavy atom. The predicted octanol–water partition coefficient (Wildman–Crippen LogP) is 2.20. The first-order chi connectivity index (χ1) is 11.0. The molecular weight excluding hydrogens is 368 g/mol. The monoisotopic (exact) mass is 380 g/mol. The van der Waals surface area contributed by atoms with Crippen LogP contribution in [0.15, 0.2) is 45.5 Å². The van der Waals surface area contributed by atoms with E-state index in [2.05, 4.69) is 31.3 Å². The molecule has 0 spiro atoms. The lowest BCUT2D eigenvalue weighted by molar-refractivity contribution is -0.139. The molecule has 2 N–H and O–H groups in total. The highest BCUT2D eigenvalue weighted by Gasteiger charge is 2.12. The van der Waals surface area contributed by atoms with Crippen LogP contribution in [-0.2, 0) is 9.53 Å². The number of ether oxygens (including phenoxy) is 1. The number of esters is 1.